The van der Waals surface area contributed by atoms with Crippen LogP contribution in [0.25, 0.3) is 0 Å². The smallest absolute Gasteiger partial charge is 0.189 e. The molecule has 3 heterocycles. The van der Waals surface area contributed by atoms with Crippen LogP contribution < -0.4 is 15.0 Å². The van der Waals surface area contributed by atoms with Crippen LogP contribution in [0.2, 0.25) is 0 Å². The van der Waals surface area contributed by atoms with Crippen LogP contribution in [0.15, 0.2) is 52.1 Å². The highest BCUT2D eigenvalue weighted by atomic mass is 79.9. The number of ether oxygens (including phenoxy) is 1. The number of halogens is 1. The number of hydrogen-bond acceptors (Lipinski definition) is 7. The molecule has 1 N–H and O–H groups in total. The van der Waals surface area contributed by atoms with Crippen molar-refractivity contribution >= 4 is 38.8 Å². The molecule has 2 aromatic carbocycles. The first-order valence-corrected chi connectivity index (χ1v) is 12.8. The fraction of sp³-hybridized carbons (Fsp3) is 0.462. The molecule has 0 aromatic heterocycles. The zero-order chi connectivity index (χ0) is 23.7. The van der Waals surface area contributed by atoms with Crippen LogP contribution in [0.3, 0.4) is 0 Å². The summed E-state index contributed by atoms with van der Waals surface area (Å²) in [7, 11) is 0. The van der Waals surface area contributed by atoms with Gasteiger partial charge in [0, 0.05) is 55.8 Å². The molecule has 5 rings (SSSR count). The molecule has 0 spiro atoms. The number of hydrogen-bond donors (Lipinski definition) is 1. The van der Waals surface area contributed by atoms with Crippen LogP contribution >= 0.6 is 15.9 Å². The topological polar surface area (TPSA) is 66.4 Å². The zero-order valence-corrected chi connectivity index (χ0v) is 21.3. The molecule has 34 heavy (non-hydrogen) atoms. The van der Waals surface area contributed by atoms with Gasteiger partial charge in [0.25, 0.3) is 0 Å². The van der Waals surface area contributed by atoms with Crippen molar-refractivity contribution in [3.05, 3.63) is 52.5 Å². The maximum atomic E-state index is 13.2. The van der Waals surface area contributed by atoms with Crippen molar-refractivity contribution in [3.63, 3.8) is 0 Å². The van der Waals surface area contributed by atoms with Crippen LogP contribution in [0.1, 0.15) is 31.7 Å². The molecule has 1 fully saturated rings. The van der Waals surface area contributed by atoms with Gasteiger partial charge in [0.05, 0.1) is 17.7 Å². The Morgan fingerprint density at radius 1 is 1.21 bits per heavy atom. The van der Waals surface area contributed by atoms with Crippen molar-refractivity contribution in [2.45, 2.75) is 38.4 Å². The molecule has 0 amide bonds. The summed E-state index contributed by atoms with van der Waals surface area (Å²) in [5.41, 5.74) is 3.77. The van der Waals surface area contributed by atoms with Gasteiger partial charge >= 0.3 is 0 Å². The van der Waals surface area contributed by atoms with E-state index in [1.165, 1.54) is 0 Å². The summed E-state index contributed by atoms with van der Waals surface area (Å²) in [5, 5.41) is 7.53. The molecule has 2 aromatic rings. The predicted molar refractivity (Wildman–Crippen MR) is 138 cm³/mol. The zero-order valence-electron chi connectivity index (χ0n) is 19.7. The summed E-state index contributed by atoms with van der Waals surface area (Å²) in [6.07, 6.45) is 0.650. The fourth-order valence-electron chi connectivity index (χ4n) is 4.94. The lowest BCUT2D eigenvalue weighted by Crippen LogP contribution is -2.48. The molecule has 7 nitrogen and oxygen atoms in total. The summed E-state index contributed by atoms with van der Waals surface area (Å²) in [6, 6.07) is 14.3. The summed E-state index contributed by atoms with van der Waals surface area (Å²) >= 11 is 3.51. The molecule has 0 saturated carbocycles. The van der Waals surface area contributed by atoms with E-state index in [-0.39, 0.29) is 23.9 Å². The lowest BCUT2D eigenvalue weighted by atomic mass is 9.92. The minimum Gasteiger partial charge on any atom is -0.489 e. The Hall–Kier alpha value is -2.58. The molecule has 0 aliphatic carbocycles. The number of oxime groups is 1. The average molecular weight is 527 g/mol. The van der Waals surface area contributed by atoms with E-state index in [1.807, 2.05) is 30.3 Å². The molecular formula is C26H31BrN4O3. The number of nitrogens with zero attached hydrogens (tertiary/aromatic N) is 3. The monoisotopic (exact) mass is 526 g/mol. The number of carbonyl (C=O) groups is 1. The van der Waals surface area contributed by atoms with E-state index in [4.69, 9.17) is 9.57 Å². The Morgan fingerprint density at radius 2 is 2.00 bits per heavy atom. The molecule has 2 atom stereocenters. The van der Waals surface area contributed by atoms with Gasteiger partial charge in [0.1, 0.15) is 17.6 Å². The third-order valence-electron chi connectivity index (χ3n) is 6.62. The lowest BCUT2D eigenvalue weighted by Gasteiger charge is -2.37. The Kier molecular flexibility index (Phi) is 6.79. The second-order valence-corrected chi connectivity index (χ2v) is 10.3. The number of piperazine rings is 1. The molecule has 3 aliphatic heterocycles. The first kappa shape index (κ1) is 23.2. The van der Waals surface area contributed by atoms with Crippen molar-refractivity contribution in [2.24, 2.45) is 5.16 Å². The largest absolute Gasteiger partial charge is 0.489 e. The lowest BCUT2D eigenvalue weighted by molar-refractivity contribution is -0.114. The van der Waals surface area contributed by atoms with Crippen LogP contribution in [0.5, 0.6) is 5.75 Å². The highest BCUT2D eigenvalue weighted by Crippen LogP contribution is 2.35. The van der Waals surface area contributed by atoms with Crippen LogP contribution in [0, 0.1) is 0 Å². The molecule has 180 valence electrons. The summed E-state index contributed by atoms with van der Waals surface area (Å²) < 4.78 is 6.99. The van der Waals surface area contributed by atoms with E-state index in [0.717, 1.165) is 59.9 Å². The maximum Gasteiger partial charge on any atom is 0.189 e. The average Bonchev–Trinajstić information content (AvgIpc) is 3.46. The molecule has 8 heteroatoms. The van der Waals surface area contributed by atoms with Gasteiger partial charge in [-0.1, -0.05) is 33.2 Å². The van der Waals surface area contributed by atoms with E-state index in [0.29, 0.717) is 18.7 Å². The van der Waals surface area contributed by atoms with Crippen molar-refractivity contribution < 1.29 is 14.4 Å². The quantitative estimate of drug-likeness (QED) is 0.580. The normalized spacial score (nSPS) is 22.2. The van der Waals surface area contributed by atoms with Gasteiger partial charge in [-0.3, -0.25) is 9.69 Å². The van der Waals surface area contributed by atoms with E-state index in [2.05, 4.69) is 62.2 Å². The van der Waals surface area contributed by atoms with Gasteiger partial charge in [0.15, 0.2) is 5.78 Å². The fourth-order valence-corrected chi connectivity index (χ4v) is 5.32. The van der Waals surface area contributed by atoms with Gasteiger partial charge < -0.3 is 19.8 Å². The van der Waals surface area contributed by atoms with Crippen molar-refractivity contribution in [2.75, 3.05) is 49.5 Å². The minimum atomic E-state index is -0.203. The van der Waals surface area contributed by atoms with E-state index in [1.54, 1.807) is 0 Å². The summed E-state index contributed by atoms with van der Waals surface area (Å²) in [4.78, 5) is 23.7. The third-order valence-corrected chi connectivity index (χ3v) is 7.12. The molecule has 2 unspecified atom stereocenters. The Balaban J connectivity index is 1.13. The first-order valence-electron chi connectivity index (χ1n) is 12.0. The number of ketones is 1. The number of Topliss-reactive ketones (excluding diaryl/α,β-unsaturated/α-hetero) is 1. The summed E-state index contributed by atoms with van der Waals surface area (Å²) in [5.74, 6) is 0.806. The number of benzene rings is 2. The predicted octanol–water partition coefficient (Wildman–Crippen LogP) is 4.28. The first-order chi connectivity index (χ1) is 16.5. The number of para-hydroxylation sites is 2. The number of rotatable bonds is 7. The van der Waals surface area contributed by atoms with E-state index >= 15 is 0 Å². The molecule has 3 aliphatic rings. The Bertz CT molecular complexity index is 1080. The molecular weight excluding hydrogens is 496 g/mol. The van der Waals surface area contributed by atoms with E-state index in [9.17, 15) is 4.79 Å². The standard InChI is InChI=1S/C26H31BrN4O3/c1-17(2)33-25-6-4-3-5-24(25)31-11-9-30(10-12-31)16-19-14-23(29-34-19)26(32)21-15-28-22-8-7-18(27)13-20(21)22/h3-8,13,17,19,21,28H,9-12,14-16H2,1-2H3. The second-order valence-electron chi connectivity index (χ2n) is 9.42. The van der Waals surface area contributed by atoms with Gasteiger partial charge in [-0.25, -0.2) is 0 Å². The van der Waals surface area contributed by atoms with Gasteiger partial charge in [0.2, 0.25) is 0 Å². The molecule has 1 saturated heterocycles. The number of fused-ring (bicyclic) bond motifs is 1. The van der Waals surface area contributed by atoms with Crippen molar-refractivity contribution in [1.29, 1.82) is 0 Å². The number of carbonyl (C=O) groups excluding carboxylic acids is 1. The van der Waals surface area contributed by atoms with Crippen LogP contribution in [-0.4, -0.2) is 67.9 Å². The highest BCUT2D eigenvalue weighted by molar-refractivity contribution is 9.10. The maximum absolute atomic E-state index is 13.2. The second kappa shape index (κ2) is 9.96. The van der Waals surface area contributed by atoms with Gasteiger partial charge in [-0.15, -0.1) is 0 Å². The van der Waals surface area contributed by atoms with Crippen molar-refractivity contribution in [3.8, 4) is 5.75 Å². The van der Waals surface area contributed by atoms with Gasteiger partial charge in [-0.2, -0.15) is 0 Å². The van der Waals surface area contributed by atoms with E-state index < -0.39 is 0 Å². The van der Waals surface area contributed by atoms with Crippen molar-refractivity contribution in [1.82, 2.24) is 4.90 Å². The summed E-state index contributed by atoms with van der Waals surface area (Å²) in [6.45, 7) is 9.23. The number of nitrogens with one attached hydrogen (secondary N) is 1. The molecule has 0 bridgehead atoms. The third kappa shape index (κ3) is 4.93. The Labute approximate surface area is 209 Å². The Morgan fingerprint density at radius 3 is 2.79 bits per heavy atom. The minimum absolute atomic E-state index is 0.0680. The van der Waals surface area contributed by atoms with Crippen LogP contribution in [-0.2, 0) is 9.63 Å². The SMILES string of the molecule is CC(C)Oc1ccccc1N1CCN(CC2CC(C(=O)C3CNc4ccc(Br)cc43)=NO2)CC1. The van der Waals surface area contributed by atoms with Gasteiger partial charge in [-0.05, 0) is 49.7 Å². The highest BCUT2D eigenvalue weighted by Gasteiger charge is 2.36. The molecule has 0 radical (unpaired) electrons. The number of anilines is 2. The van der Waals surface area contributed by atoms with Crippen LogP contribution in [0.4, 0.5) is 11.4 Å².